The van der Waals surface area contributed by atoms with E-state index in [0.717, 1.165) is 37.0 Å². The largest absolute Gasteiger partial charge is 0.382 e. The number of aromatic amines is 1. The Kier molecular flexibility index (Phi) is 15.1. The summed E-state index contributed by atoms with van der Waals surface area (Å²) in [7, 11) is 0. The van der Waals surface area contributed by atoms with Gasteiger partial charge >= 0.3 is 0 Å². The van der Waals surface area contributed by atoms with Gasteiger partial charge in [0.25, 0.3) is 0 Å². The number of hydrogen-bond acceptors (Lipinski definition) is 1. The summed E-state index contributed by atoms with van der Waals surface area (Å²) < 4.78 is 0. The Hall–Kier alpha value is -4.04. The van der Waals surface area contributed by atoms with E-state index in [1.165, 1.54) is 51.6 Å². The number of H-pyrrole nitrogens is 1. The van der Waals surface area contributed by atoms with Crippen molar-refractivity contribution >= 4 is 10.9 Å². The number of aromatic nitrogens is 1. The van der Waals surface area contributed by atoms with Crippen molar-refractivity contribution in [1.82, 2.24) is 10.3 Å². The minimum atomic E-state index is 0.180. The van der Waals surface area contributed by atoms with Crippen LogP contribution in [0, 0.1) is 23.7 Å². The normalized spacial score (nSPS) is 14.2. The molecule has 2 nitrogen and oxygen atoms in total. The Bertz CT molecular complexity index is 1560. The zero-order chi connectivity index (χ0) is 34.3. The first-order chi connectivity index (χ1) is 22.5. The lowest BCUT2D eigenvalue weighted by Gasteiger charge is -2.31. The Morgan fingerprint density at radius 2 is 1.23 bits per heavy atom. The second kappa shape index (κ2) is 18.9. The molecule has 0 saturated carbocycles. The maximum atomic E-state index is 4.48. The van der Waals surface area contributed by atoms with Gasteiger partial charge in [-0.1, -0.05) is 156 Å². The molecule has 3 aromatic carbocycles. The molecule has 0 radical (unpaired) electrons. The number of nitrogens with one attached hydrogen (secondary N) is 2. The van der Waals surface area contributed by atoms with Crippen LogP contribution in [0.3, 0.4) is 0 Å². The summed E-state index contributed by atoms with van der Waals surface area (Å²) in [5, 5.41) is 4.91. The van der Waals surface area contributed by atoms with Gasteiger partial charge < -0.3 is 10.3 Å². The first-order valence-corrected chi connectivity index (χ1v) is 17.6. The van der Waals surface area contributed by atoms with Crippen molar-refractivity contribution in [2.24, 2.45) is 23.7 Å². The van der Waals surface area contributed by atoms with Crippen LogP contribution in [0.15, 0.2) is 140 Å². The van der Waals surface area contributed by atoms with E-state index < -0.39 is 0 Å². The fraction of sp³-hybridized carbons (Fsp3) is 0.378. The van der Waals surface area contributed by atoms with Crippen LogP contribution in [0.25, 0.3) is 10.9 Å². The van der Waals surface area contributed by atoms with E-state index in [9.17, 15) is 0 Å². The van der Waals surface area contributed by atoms with Crippen molar-refractivity contribution < 1.29 is 0 Å². The lowest BCUT2D eigenvalue weighted by molar-refractivity contribution is 0.364. The Morgan fingerprint density at radius 1 is 0.681 bits per heavy atom. The van der Waals surface area contributed by atoms with Gasteiger partial charge in [-0.15, -0.1) is 0 Å². The van der Waals surface area contributed by atoms with Crippen LogP contribution in [0.2, 0.25) is 0 Å². The Labute approximate surface area is 286 Å². The van der Waals surface area contributed by atoms with Crippen molar-refractivity contribution in [2.75, 3.05) is 0 Å². The first-order valence-electron chi connectivity index (χ1n) is 17.6. The van der Waals surface area contributed by atoms with Gasteiger partial charge in [0.2, 0.25) is 0 Å². The van der Waals surface area contributed by atoms with E-state index >= 15 is 0 Å². The molecule has 0 aliphatic carbocycles. The molecule has 4 rings (SSSR count). The minimum absolute atomic E-state index is 0.180. The van der Waals surface area contributed by atoms with E-state index in [1.54, 1.807) is 0 Å². The Morgan fingerprint density at radius 3 is 1.77 bits per heavy atom. The van der Waals surface area contributed by atoms with E-state index in [-0.39, 0.29) is 6.04 Å². The molecule has 2 heteroatoms. The van der Waals surface area contributed by atoms with Gasteiger partial charge in [0.15, 0.2) is 0 Å². The van der Waals surface area contributed by atoms with E-state index in [4.69, 9.17) is 0 Å². The van der Waals surface area contributed by atoms with Gasteiger partial charge in [0, 0.05) is 22.8 Å². The third-order valence-corrected chi connectivity index (χ3v) is 9.69. The SMILES string of the molecule is C=C(C)C(CC)C(CCC)C(=C)C(C)Cc1ccccc1.C=C(NC(Cc1c[nH]c2ccccc12)C(=C)C)C(C)Cc1ccccc1. The average molecular weight is 629 g/mol. The predicted octanol–water partition coefficient (Wildman–Crippen LogP) is 12.1. The molecule has 0 fully saturated rings. The highest BCUT2D eigenvalue weighted by molar-refractivity contribution is 5.83. The quantitative estimate of drug-likeness (QED) is 0.112. The third-order valence-electron chi connectivity index (χ3n) is 9.69. The number of hydrogen-bond donors (Lipinski definition) is 2. The van der Waals surface area contributed by atoms with Gasteiger partial charge in [0.05, 0.1) is 6.04 Å². The van der Waals surface area contributed by atoms with Crippen LogP contribution in [0.1, 0.15) is 77.5 Å². The molecule has 5 unspecified atom stereocenters. The fourth-order valence-electron chi connectivity index (χ4n) is 6.72. The summed E-state index contributed by atoms with van der Waals surface area (Å²) in [4.78, 5) is 3.36. The number of benzene rings is 3. The van der Waals surface area contributed by atoms with Crippen molar-refractivity contribution in [2.45, 2.75) is 86.1 Å². The standard InChI is InChI=1S/C24H28N2.C21H32/c1-17(2)24(15-21-16-25-23-13-9-8-12-22(21)23)26-19(4)18(3)14-20-10-6-5-7-11-20;1-7-12-21(20(8-2)16(3)4)18(6)17(5)15-19-13-10-9-11-14-19/h5-13,16,18,24-26H,1,4,14-15H2,2-3H3;9-11,13-14,17,20-21H,3,6-8,12,15H2,1-2,4-5H3. The molecule has 0 bridgehead atoms. The van der Waals surface area contributed by atoms with E-state index in [1.807, 2.05) is 0 Å². The molecule has 0 saturated heterocycles. The van der Waals surface area contributed by atoms with Crippen LogP contribution in [-0.2, 0) is 19.3 Å². The summed E-state index contributed by atoms with van der Waals surface area (Å²) >= 11 is 0. The first kappa shape index (κ1) is 37.4. The monoisotopic (exact) mass is 628 g/mol. The Balaban J connectivity index is 0.000000262. The maximum Gasteiger partial charge on any atom is 0.0506 e. The molecule has 1 heterocycles. The molecule has 1 aromatic heterocycles. The molecule has 47 heavy (non-hydrogen) atoms. The predicted molar refractivity (Wildman–Crippen MR) is 208 cm³/mol. The average Bonchev–Trinajstić information content (AvgIpc) is 3.47. The molecular formula is C45H60N2. The lowest BCUT2D eigenvalue weighted by atomic mass is 9.74. The van der Waals surface area contributed by atoms with Gasteiger partial charge in [-0.05, 0) is 92.4 Å². The molecule has 2 N–H and O–H groups in total. The summed E-state index contributed by atoms with van der Waals surface area (Å²) in [6.45, 7) is 30.5. The second-order valence-electron chi connectivity index (χ2n) is 13.6. The second-order valence-corrected chi connectivity index (χ2v) is 13.6. The van der Waals surface area contributed by atoms with Crippen molar-refractivity contribution in [3.8, 4) is 0 Å². The molecule has 250 valence electrons. The van der Waals surface area contributed by atoms with Gasteiger partial charge in [-0.2, -0.15) is 0 Å². The van der Waals surface area contributed by atoms with Crippen LogP contribution >= 0.6 is 0 Å². The topological polar surface area (TPSA) is 27.8 Å². The molecule has 0 aliphatic rings. The smallest absolute Gasteiger partial charge is 0.0506 e. The summed E-state index contributed by atoms with van der Waals surface area (Å²) in [6, 6.07) is 29.9. The summed E-state index contributed by atoms with van der Waals surface area (Å²) in [5.41, 5.74) is 10.2. The summed E-state index contributed by atoms with van der Waals surface area (Å²) in [6.07, 6.45) is 8.69. The molecule has 4 aromatic rings. The maximum absolute atomic E-state index is 4.48. The lowest BCUT2D eigenvalue weighted by Crippen LogP contribution is -2.33. The highest BCUT2D eigenvalue weighted by atomic mass is 14.9. The number of fused-ring (bicyclic) bond motifs is 1. The van der Waals surface area contributed by atoms with Crippen molar-refractivity contribution in [1.29, 1.82) is 0 Å². The highest BCUT2D eigenvalue weighted by Crippen LogP contribution is 2.36. The molecule has 5 atom stereocenters. The van der Waals surface area contributed by atoms with Crippen LogP contribution in [-0.4, -0.2) is 11.0 Å². The van der Waals surface area contributed by atoms with E-state index in [2.05, 4.69) is 169 Å². The van der Waals surface area contributed by atoms with Crippen LogP contribution < -0.4 is 5.32 Å². The van der Waals surface area contributed by atoms with Gasteiger partial charge in [0.1, 0.15) is 0 Å². The molecule has 0 aliphatic heterocycles. The van der Waals surface area contributed by atoms with Crippen LogP contribution in [0.4, 0.5) is 0 Å². The van der Waals surface area contributed by atoms with Gasteiger partial charge in [-0.3, -0.25) is 0 Å². The van der Waals surface area contributed by atoms with Crippen molar-refractivity contribution in [3.63, 3.8) is 0 Å². The zero-order valence-corrected chi connectivity index (χ0v) is 30.1. The summed E-state index contributed by atoms with van der Waals surface area (Å²) in [5.74, 6) is 2.05. The molecule has 0 spiro atoms. The fourth-order valence-corrected chi connectivity index (χ4v) is 6.72. The van der Waals surface area contributed by atoms with Crippen LogP contribution in [0.5, 0.6) is 0 Å². The number of rotatable bonds is 17. The minimum Gasteiger partial charge on any atom is -0.382 e. The third kappa shape index (κ3) is 11.3. The zero-order valence-electron chi connectivity index (χ0n) is 30.1. The highest BCUT2D eigenvalue weighted by Gasteiger charge is 2.25. The van der Waals surface area contributed by atoms with Gasteiger partial charge in [-0.25, -0.2) is 0 Å². The van der Waals surface area contributed by atoms with E-state index in [0.29, 0.717) is 23.7 Å². The molecule has 0 amide bonds. The number of para-hydroxylation sites is 1. The molecular weight excluding hydrogens is 569 g/mol. The van der Waals surface area contributed by atoms with Crippen molar-refractivity contribution in [3.05, 3.63) is 157 Å². The number of allylic oxidation sites excluding steroid dienone is 3.